The average Bonchev–Trinajstić information content (AvgIpc) is 3.23. The van der Waals surface area contributed by atoms with Crippen molar-refractivity contribution in [2.75, 3.05) is 13.2 Å². The van der Waals surface area contributed by atoms with E-state index in [1.54, 1.807) is 0 Å². The van der Waals surface area contributed by atoms with Gasteiger partial charge in [-0.05, 0) is 64.2 Å². The normalized spacial score (nSPS) is 12.1. The predicted molar refractivity (Wildman–Crippen MR) is 252 cm³/mol. The highest BCUT2D eigenvalue weighted by atomic mass is 16.6. The zero-order chi connectivity index (χ0) is 43.0. The summed E-state index contributed by atoms with van der Waals surface area (Å²) in [4.78, 5) is 37.9. The third kappa shape index (κ3) is 46.8. The first-order valence-corrected chi connectivity index (χ1v) is 25.8. The third-order valence-corrected chi connectivity index (χ3v) is 11.4. The van der Waals surface area contributed by atoms with Gasteiger partial charge in [0, 0.05) is 19.3 Å². The zero-order valence-corrected chi connectivity index (χ0v) is 39.5. The molecule has 0 spiro atoms. The number of unbranched alkanes of at least 4 members (excludes halogenated alkanes) is 32. The average molecular weight is 831 g/mol. The van der Waals surface area contributed by atoms with Crippen LogP contribution in [0.1, 0.15) is 278 Å². The Morgan fingerprint density at radius 3 is 0.915 bits per heavy atom. The molecule has 6 heteroatoms. The van der Waals surface area contributed by atoms with Crippen LogP contribution in [0.5, 0.6) is 0 Å². The Morgan fingerprint density at radius 2 is 0.593 bits per heavy atom. The number of carbonyl (C=O) groups excluding carboxylic acids is 3. The first kappa shape index (κ1) is 56.9. The van der Waals surface area contributed by atoms with Crippen molar-refractivity contribution in [1.29, 1.82) is 0 Å². The second kappa shape index (κ2) is 48.6. The van der Waals surface area contributed by atoms with Crippen LogP contribution in [-0.4, -0.2) is 37.2 Å². The molecular formula is C53H98O6. The summed E-state index contributed by atoms with van der Waals surface area (Å²) in [6.07, 6.45) is 54.5. The van der Waals surface area contributed by atoms with Crippen molar-refractivity contribution in [3.63, 3.8) is 0 Å². The van der Waals surface area contributed by atoms with Crippen molar-refractivity contribution in [1.82, 2.24) is 0 Å². The van der Waals surface area contributed by atoms with E-state index in [2.05, 4.69) is 45.1 Å². The van der Waals surface area contributed by atoms with E-state index in [1.165, 1.54) is 167 Å². The molecule has 0 aromatic heterocycles. The molecule has 0 saturated heterocycles. The molecule has 0 bridgehead atoms. The molecule has 346 valence electrons. The number of carbonyl (C=O) groups is 3. The van der Waals surface area contributed by atoms with E-state index in [0.717, 1.165) is 70.6 Å². The highest BCUT2D eigenvalue weighted by Gasteiger charge is 2.19. The van der Waals surface area contributed by atoms with Crippen LogP contribution < -0.4 is 0 Å². The number of ether oxygens (including phenoxy) is 3. The molecule has 0 radical (unpaired) electrons. The molecule has 1 atom stereocenters. The van der Waals surface area contributed by atoms with Gasteiger partial charge in [-0.15, -0.1) is 0 Å². The van der Waals surface area contributed by atoms with Gasteiger partial charge in [-0.25, -0.2) is 0 Å². The summed E-state index contributed by atoms with van der Waals surface area (Å²) in [7, 11) is 0. The van der Waals surface area contributed by atoms with Crippen LogP contribution in [0.25, 0.3) is 0 Å². The standard InChI is InChI=1S/C53H98O6/c1-4-7-10-13-16-19-22-24-26-27-28-30-31-34-37-40-43-46-52(55)58-49-50(48-57-51(54)45-42-39-36-33-21-18-15-12-9-6-3)59-53(56)47-44-41-38-35-32-29-25-23-20-17-14-11-8-5-2/h12,15,24,26,50H,4-11,13-14,16-23,25,27-49H2,1-3H3/b15-12-,26-24-. The topological polar surface area (TPSA) is 78.9 Å². The van der Waals surface area contributed by atoms with Gasteiger partial charge in [0.25, 0.3) is 0 Å². The van der Waals surface area contributed by atoms with Gasteiger partial charge in [0.2, 0.25) is 0 Å². The van der Waals surface area contributed by atoms with E-state index in [-0.39, 0.29) is 31.1 Å². The lowest BCUT2D eigenvalue weighted by atomic mass is 10.0. The van der Waals surface area contributed by atoms with E-state index in [0.29, 0.717) is 19.3 Å². The molecule has 0 aromatic carbocycles. The van der Waals surface area contributed by atoms with Crippen molar-refractivity contribution in [2.45, 2.75) is 284 Å². The molecular weight excluding hydrogens is 733 g/mol. The van der Waals surface area contributed by atoms with Gasteiger partial charge in [-0.1, -0.05) is 218 Å². The number of rotatable bonds is 47. The smallest absolute Gasteiger partial charge is 0.306 e. The predicted octanol–water partition coefficient (Wildman–Crippen LogP) is 16.8. The van der Waals surface area contributed by atoms with Gasteiger partial charge in [0.1, 0.15) is 13.2 Å². The summed E-state index contributed by atoms with van der Waals surface area (Å²) < 4.78 is 16.8. The molecule has 59 heavy (non-hydrogen) atoms. The second-order valence-electron chi connectivity index (χ2n) is 17.4. The number of hydrogen-bond acceptors (Lipinski definition) is 6. The molecule has 6 nitrogen and oxygen atoms in total. The van der Waals surface area contributed by atoms with Crippen LogP contribution in [-0.2, 0) is 28.6 Å². The van der Waals surface area contributed by atoms with Crippen molar-refractivity contribution < 1.29 is 28.6 Å². The summed E-state index contributed by atoms with van der Waals surface area (Å²) in [6, 6.07) is 0. The van der Waals surface area contributed by atoms with E-state index in [1.807, 2.05) is 0 Å². The first-order valence-electron chi connectivity index (χ1n) is 25.8. The maximum atomic E-state index is 12.8. The van der Waals surface area contributed by atoms with Crippen LogP contribution in [0.15, 0.2) is 24.3 Å². The molecule has 0 N–H and O–H groups in total. The molecule has 0 aromatic rings. The van der Waals surface area contributed by atoms with E-state index < -0.39 is 6.10 Å². The largest absolute Gasteiger partial charge is 0.462 e. The molecule has 0 heterocycles. The van der Waals surface area contributed by atoms with Gasteiger partial charge in [-0.2, -0.15) is 0 Å². The number of hydrogen-bond donors (Lipinski definition) is 0. The Bertz CT molecular complexity index is 958. The fourth-order valence-corrected chi connectivity index (χ4v) is 7.50. The summed E-state index contributed by atoms with van der Waals surface area (Å²) in [5.74, 6) is -0.875. The number of esters is 3. The Kier molecular flexibility index (Phi) is 46.8. The quantitative estimate of drug-likeness (QED) is 0.0263. The second-order valence-corrected chi connectivity index (χ2v) is 17.4. The molecule has 0 aliphatic heterocycles. The Hall–Kier alpha value is -2.11. The minimum absolute atomic E-state index is 0.0727. The Morgan fingerprint density at radius 1 is 0.322 bits per heavy atom. The molecule has 0 fully saturated rings. The Labute approximate surface area is 366 Å². The van der Waals surface area contributed by atoms with Gasteiger partial charge in [0.05, 0.1) is 0 Å². The molecule has 0 saturated carbocycles. The van der Waals surface area contributed by atoms with Crippen LogP contribution in [0.2, 0.25) is 0 Å². The number of allylic oxidation sites excluding steroid dienone is 4. The van der Waals surface area contributed by atoms with E-state index >= 15 is 0 Å². The molecule has 0 rings (SSSR count). The van der Waals surface area contributed by atoms with Crippen LogP contribution in [0.4, 0.5) is 0 Å². The van der Waals surface area contributed by atoms with Gasteiger partial charge >= 0.3 is 17.9 Å². The minimum Gasteiger partial charge on any atom is -0.462 e. The lowest BCUT2D eigenvalue weighted by Crippen LogP contribution is -2.30. The summed E-state index contributed by atoms with van der Waals surface area (Å²) >= 11 is 0. The van der Waals surface area contributed by atoms with E-state index in [9.17, 15) is 14.4 Å². The van der Waals surface area contributed by atoms with Crippen molar-refractivity contribution in [3.8, 4) is 0 Å². The van der Waals surface area contributed by atoms with Crippen LogP contribution in [0, 0.1) is 0 Å². The summed E-state index contributed by atoms with van der Waals surface area (Å²) in [5.41, 5.74) is 0. The SMILES string of the molecule is CCC/C=C\CCCCCCCC(=O)OCC(COC(=O)CCCCCCCCC/C=C\CCCCCCCC)OC(=O)CCCCCCCCCCCCCCCC. The minimum atomic E-state index is -0.770. The molecule has 0 aliphatic rings. The molecule has 1 unspecified atom stereocenters. The fourth-order valence-electron chi connectivity index (χ4n) is 7.50. The highest BCUT2D eigenvalue weighted by molar-refractivity contribution is 5.71. The van der Waals surface area contributed by atoms with E-state index in [4.69, 9.17) is 14.2 Å². The molecule has 0 amide bonds. The maximum Gasteiger partial charge on any atom is 0.306 e. The monoisotopic (exact) mass is 831 g/mol. The first-order chi connectivity index (χ1) is 29.0. The van der Waals surface area contributed by atoms with Gasteiger partial charge in [0.15, 0.2) is 6.10 Å². The third-order valence-electron chi connectivity index (χ3n) is 11.4. The summed E-state index contributed by atoms with van der Waals surface area (Å²) in [5, 5.41) is 0. The van der Waals surface area contributed by atoms with Crippen LogP contribution in [0.3, 0.4) is 0 Å². The van der Waals surface area contributed by atoms with Gasteiger partial charge in [-0.3, -0.25) is 14.4 Å². The lowest BCUT2D eigenvalue weighted by Gasteiger charge is -2.18. The van der Waals surface area contributed by atoms with Crippen LogP contribution >= 0.6 is 0 Å². The maximum absolute atomic E-state index is 12.8. The zero-order valence-electron chi connectivity index (χ0n) is 39.5. The highest BCUT2D eigenvalue weighted by Crippen LogP contribution is 2.16. The van der Waals surface area contributed by atoms with Crippen molar-refractivity contribution >= 4 is 17.9 Å². The lowest BCUT2D eigenvalue weighted by molar-refractivity contribution is -0.167. The van der Waals surface area contributed by atoms with Crippen molar-refractivity contribution in [2.24, 2.45) is 0 Å². The molecule has 0 aliphatic carbocycles. The van der Waals surface area contributed by atoms with Gasteiger partial charge < -0.3 is 14.2 Å². The Balaban J connectivity index is 4.31. The fraction of sp³-hybridized carbons (Fsp3) is 0.868. The summed E-state index contributed by atoms with van der Waals surface area (Å²) in [6.45, 7) is 6.59. The van der Waals surface area contributed by atoms with Crippen molar-refractivity contribution in [3.05, 3.63) is 24.3 Å².